The summed E-state index contributed by atoms with van der Waals surface area (Å²) >= 11 is 1.67. The van der Waals surface area contributed by atoms with Crippen LogP contribution in [0.4, 0.5) is 0 Å². The minimum Gasteiger partial charge on any atom is -0.351 e. The normalized spacial score (nSPS) is 17.0. The molecule has 31 heavy (non-hydrogen) atoms. The Labute approximate surface area is 182 Å². The van der Waals surface area contributed by atoms with Crippen LogP contribution in [-0.4, -0.2) is 56.8 Å². The standard InChI is InChI=1S/C23H23N5O2S/c29-21-20-15-5-3-7-18(15)31-22(20)26-19(25-21)13-27-8-10-28(11-9-27)23(30)17-12-14-4-1-2-6-16(14)24-17/h1-2,4,6,12,24H,3,5,7-11,13H2,(H,25,26,29). The van der Waals surface area contributed by atoms with Crippen LogP contribution < -0.4 is 5.56 Å². The van der Waals surface area contributed by atoms with Gasteiger partial charge in [-0.1, -0.05) is 18.2 Å². The summed E-state index contributed by atoms with van der Waals surface area (Å²) in [5.41, 5.74) is 2.82. The smallest absolute Gasteiger partial charge is 0.270 e. The summed E-state index contributed by atoms with van der Waals surface area (Å²) in [5, 5.41) is 1.85. The third kappa shape index (κ3) is 3.26. The first kappa shape index (κ1) is 18.8. The Hall–Kier alpha value is -2.97. The van der Waals surface area contributed by atoms with Gasteiger partial charge in [0.15, 0.2) is 0 Å². The molecule has 1 aromatic carbocycles. The number of H-pyrrole nitrogens is 2. The van der Waals surface area contributed by atoms with Crippen molar-refractivity contribution in [1.29, 1.82) is 0 Å². The summed E-state index contributed by atoms with van der Waals surface area (Å²) < 4.78 is 0. The highest BCUT2D eigenvalue weighted by Gasteiger charge is 2.25. The van der Waals surface area contributed by atoms with Crippen molar-refractivity contribution in [3.63, 3.8) is 0 Å². The van der Waals surface area contributed by atoms with Gasteiger partial charge in [0.2, 0.25) is 0 Å². The number of rotatable bonds is 3. The Morgan fingerprint density at radius 2 is 1.94 bits per heavy atom. The van der Waals surface area contributed by atoms with Gasteiger partial charge in [0, 0.05) is 42.0 Å². The Morgan fingerprint density at radius 3 is 2.77 bits per heavy atom. The zero-order valence-electron chi connectivity index (χ0n) is 17.1. The fraction of sp³-hybridized carbons (Fsp3) is 0.348. The Balaban J connectivity index is 1.14. The average molecular weight is 434 g/mol. The molecular formula is C23H23N5O2S. The number of aryl methyl sites for hydroxylation is 2. The number of benzene rings is 1. The van der Waals surface area contributed by atoms with Gasteiger partial charge in [-0.15, -0.1) is 11.3 Å². The number of para-hydroxylation sites is 1. The van der Waals surface area contributed by atoms with Crippen LogP contribution in [0.15, 0.2) is 35.1 Å². The van der Waals surface area contributed by atoms with Gasteiger partial charge in [0.1, 0.15) is 16.3 Å². The van der Waals surface area contributed by atoms with Crippen molar-refractivity contribution in [1.82, 2.24) is 24.8 Å². The first-order valence-electron chi connectivity index (χ1n) is 10.8. The molecule has 8 heteroatoms. The highest BCUT2D eigenvalue weighted by Crippen LogP contribution is 2.34. The molecule has 1 amide bonds. The summed E-state index contributed by atoms with van der Waals surface area (Å²) in [7, 11) is 0. The summed E-state index contributed by atoms with van der Waals surface area (Å²) in [5.74, 6) is 0.754. The first-order valence-corrected chi connectivity index (χ1v) is 11.6. The summed E-state index contributed by atoms with van der Waals surface area (Å²) in [6, 6.07) is 9.85. The molecule has 1 aliphatic carbocycles. The Kier molecular flexibility index (Phi) is 4.43. The monoisotopic (exact) mass is 433 g/mol. The number of carbonyl (C=O) groups excluding carboxylic acids is 1. The number of fused-ring (bicyclic) bond motifs is 4. The molecule has 1 saturated heterocycles. The maximum absolute atomic E-state index is 12.9. The van der Waals surface area contributed by atoms with Gasteiger partial charge < -0.3 is 14.9 Å². The molecule has 0 unspecified atom stereocenters. The van der Waals surface area contributed by atoms with E-state index in [4.69, 9.17) is 4.98 Å². The van der Waals surface area contributed by atoms with Crippen LogP contribution in [0, 0.1) is 0 Å². The van der Waals surface area contributed by atoms with E-state index in [2.05, 4.69) is 14.9 Å². The topological polar surface area (TPSA) is 85.1 Å². The molecule has 0 atom stereocenters. The van der Waals surface area contributed by atoms with Gasteiger partial charge in [-0.25, -0.2) is 4.98 Å². The SMILES string of the molecule is O=C(c1cc2ccccc2[nH]1)N1CCN(Cc2nc3sc4c(c3c(=O)[nH]2)CCC4)CC1. The third-order valence-electron chi connectivity index (χ3n) is 6.42. The lowest BCUT2D eigenvalue weighted by atomic mass is 10.2. The quantitative estimate of drug-likeness (QED) is 0.520. The van der Waals surface area contributed by atoms with Crippen molar-refractivity contribution in [3.8, 4) is 0 Å². The third-order valence-corrected chi connectivity index (χ3v) is 7.60. The second-order valence-electron chi connectivity index (χ2n) is 8.39. The summed E-state index contributed by atoms with van der Waals surface area (Å²) in [6.45, 7) is 3.44. The molecule has 0 bridgehead atoms. The van der Waals surface area contributed by atoms with Crippen molar-refractivity contribution in [2.45, 2.75) is 25.8 Å². The second kappa shape index (κ2) is 7.32. The van der Waals surface area contributed by atoms with E-state index in [0.717, 1.165) is 53.5 Å². The number of thiophene rings is 1. The van der Waals surface area contributed by atoms with Gasteiger partial charge in [0.05, 0.1) is 11.9 Å². The average Bonchev–Trinajstić information content (AvgIpc) is 3.47. The minimum atomic E-state index is -0.00738. The van der Waals surface area contributed by atoms with Crippen molar-refractivity contribution in [3.05, 3.63) is 62.6 Å². The predicted molar refractivity (Wildman–Crippen MR) is 122 cm³/mol. The van der Waals surface area contributed by atoms with Gasteiger partial charge in [0.25, 0.3) is 11.5 Å². The number of hydrogen-bond acceptors (Lipinski definition) is 5. The largest absolute Gasteiger partial charge is 0.351 e. The molecule has 2 aliphatic rings. The van der Waals surface area contributed by atoms with Crippen LogP contribution in [0.5, 0.6) is 0 Å². The highest BCUT2D eigenvalue weighted by atomic mass is 32.1. The van der Waals surface area contributed by atoms with E-state index in [9.17, 15) is 9.59 Å². The maximum atomic E-state index is 12.9. The van der Waals surface area contributed by atoms with E-state index in [1.165, 1.54) is 10.4 Å². The molecule has 1 aliphatic heterocycles. The van der Waals surface area contributed by atoms with Crippen LogP contribution >= 0.6 is 11.3 Å². The first-order chi connectivity index (χ1) is 15.2. The number of nitrogens with one attached hydrogen (secondary N) is 2. The summed E-state index contributed by atoms with van der Waals surface area (Å²) in [4.78, 5) is 42.9. The van der Waals surface area contributed by atoms with Crippen LogP contribution in [0.1, 0.15) is 33.2 Å². The highest BCUT2D eigenvalue weighted by molar-refractivity contribution is 7.18. The number of aromatic amines is 2. The van der Waals surface area contributed by atoms with E-state index in [1.807, 2.05) is 35.2 Å². The van der Waals surface area contributed by atoms with Crippen molar-refractivity contribution < 1.29 is 4.79 Å². The molecule has 4 aromatic rings. The molecule has 4 heterocycles. The lowest BCUT2D eigenvalue weighted by molar-refractivity contribution is 0.0620. The lowest BCUT2D eigenvalue weighted by Gasteiger charge is -2.34. The van der Waals surface area contributed by atoms with Crippen LogP contribution in [0.25, 0.3) is 21.1 Å². The van der Waals surface area contributed by atoms with E-state index < -0.39 is 0 Å². The number of nitrogens with zero attached hydrogens (tertiary/aromatic N) is 3. The van der Waals surface area contributed by atoms with Crippen LogP contribution in [0.3, 0.4) is 0 Å². The Morgan fingerprint density at radius 1 is 1.10 bits per heavy atom. The zero-order chi connectivity index (χ0) is 20.9. The van der Waals surface area contributed by atoms with E-state index >= 15 is 0 Å². The molecule has 2 N–H and O–H groups in total. The number of piperazine rings is 1. The zero-order valence-corrected chi connectivity index (χ0v) is 17.9. The maximum Gasteiger partial charge on any atom is 0.270 e. The van der Waals surface area contributed by atoms with E-state index in [0.29, 0.717) is 31.2 Å². The van der Waals surface area contributed by atoms with Gasteiger partial charge in [-0.05, 0) is 37.0 Å². The fourth-order valence-electron chi connectivity index (χ4n) is 4.80. The molecule has 0 saturated carbocycles. The van der Waals surface area contributed by atoms with Gasteiger partial charge in [-0.2, -0.15) is 0 Å². The molecule has 3 aromatic heterocycles. The van der Waals surface area contributed by atoms with Gasteiger partial charge in [-0.3, -0.25) is 14.5 Å². The molecule has 0 spiro atoms. The van der Waals surface area contributed by atoms with E-state index in [1.54, 1.807) is 11.3 Å². The number of amides is 1. The molecule has 0 radical (unpaired) electrons. The summed E-state index contributed by atoms with van der Waals surface area (Å²) in [6.07, 6.45) is 3.20. The molecule has 158 valence electrons. The van der Waals surface area contributed by atoms with Crippen LogP contribution in [0.2, 0.25) is 0 Å². The molecule has 1 fully saturated rings. The number of hydrogen-bond donors (Lipinski definition) is 2. The molecular weight excluding hydrogens is 410 g/mol. The van der Waals surface area contributed by atoms with Crippen LogP contribution in [-0.2, 0) is 19.4 Å². The molecule has 7 nitrogen and oxygen atoms in total. The number of aromatic nitrogens is 3. The van der Waals surface area contributed by atoms with E-state index in [-0.39, 0.29) is 11.5 Å². The predicted octanol–water partition coefficient (Wildman–Crippen LogP) is 2.91. The lowest BCUT2D eigenvalue weighted by Crippen LogP contribution is -2.48. The minimum absolute atomic E-state index is 0.00738. The van der Waals surface area contributed by atoms with Crippen molar-refractivity contribution >= 4 is 38.4 Å². The number of carbonyl (C=O) groups is 1. The van der Waals surface area contributed by atoms with Crippen molar-refractivity contribution in [2.75, 3.05) is 26.2 Å². The van der Waals surface area contributed by atoms with Crippen molar-refractivity contribution in [2.24, 2.45) is 0 Å². The Bertz CT molecular complexity index is 1330. The second-order valence-corrected chi connectivity index (χ2v) is 9.47. The fourth-order valence-corrected chi connectivity index (χ4v) is 6.08. The van der Waals surface area contributed by atoms with Gasteiger partial charge >= 0.3 is 0 Å². The molecule has 6 rings (SSSR count).